The number of thiocarbonyl (C=S) groups is 1. The number of nitrogens with two attached hydrogens (primary N) is 1. The molecule has 2 heterocycles. The van der Waals surface area contributed by atoms with Crippen LogP contribution in [0.3, 0.4) is 0 Å². The number of carbonyl (C=O) groups excluding carboxylic acids is 1. The summed E-state index contributed by atoms with van der Waals surface area (Å²) in [5.74, 6) is -2.95. The number of thioether (sulfide) groups is 1. The average molecular weight is 483 g/mol. The van der Waals surface area contributed by atoms with Crippen LogP contribution in [0.15, 0.2) is 50.6 Å². The highest BCUT2D eigenvalue weighted by Crippen LogP contribution is 2.35. The van der Waals surface area contributed by atoms with Crippen LogP contribution in [0.1, 0.15) is 12.2 Å². The Morgan fingerprint density at radius 1 is 1.19 bits per heavy atom. The molecule has 31 heavy (non-hydrogen) atoms. The second-order valence-corrected chi connectivity index (χ2v) is 9.51. The third-order valence-corrected chi connectivity index (χ3v) is 6.42. The Kier molecular flexibility index (Phi) is 6.31. The number of hydrogen-bond donors (Lipinski definition) is 3. The van der Waals surface area contributed by atoms with Gasteiger partial charge in [-0.1, -0.05) is 24.0 Å². The minimum Gasteiger partial charge on any atom is -0.481 e. The molecule has 1 aliphatic rings. The van der Waals surface area contributed by atoms with Crippen molar-refractivity contribution >= 4 is 62.2 Å². The van der Waals surface area contributed by atoms with E-state index in [9.17, 15) is 27.9 Å². The highest BCUT2D eigenvalue weighted by atomic mass is 32.2. The van der Waals surface area contributed by atoms with Crippen LogP contribution in [0.2, 0.25) is 0 Å². The molecule has 4 N–H and O–H groups in total. The van der Waals surface area contributed by atoms with Gasteiger partial charge < -0.3 is 14.6 Å². The van der Waals surface area contributed by atoms with E-state index in [0.29, 0.717) is 11.3 Å². The van der Waals surface area contributed by atoms with Crippen molar-refractivity contribution in [1.82, 2.24) is 4.90 Å². The number of sulfonamides is 1. The van der Waals surface area contributed by atoms with E-state index in [1.165, 1.54) is 30.3 Å². The van der Waals surface area contributed by atoms with E-state index >= 15 is 0 Å². The Hall–Kier alpha value is -3.00. The van der Waals surface area contributed by atoms with E-state index in [4.69, 9.17) is 26.9 Å². The maximum atomic E-state index is 12.6. The van der Waals surface area contributed by atoms with Gasteiger partial charge in [0.15, 0.2) is 0 Å². The minimum atomic E-state index is -3.83. The number of carboxylic acids is 2. The Labute approximate surface area is 185 Å². The number of amides is 1. The quantitative estimate of drug-likeness (QED) is 0.390. The van der Waals surface area contributed by atoms with Crippen LogP contribution in [0.25, 0.3) is 17.4 Å². The van der Waals surface area contributed by atoms with E-state index < -0.39 is 40.3 Å². The van der Waals surface area contributed by atoms with Crippen molar-refractivity contribution in [3.05, 3.63) is 47.1 Å². The summed E-state index contributed by atoms with van der Waals surface area (Å²) in [6.07, 6.45) is 0.565. The lowest BCUT2D eigenvalue weighted by Crippen LogP contribution is -2.45. The summed E-state index contributed by atoms with van der Waals surface area (Å²) >= 11 is 5.90. The van der Waals surface area contributed by atoms with Gasteiger partial charge in [-0.25, -0.2) is 18.4 Å². The first-order valence-corrected chi connectivity index (χ1v) is 11.2. The molecule has 0 aliphatic carbocycles. The molecule has 2 aromatic rings. The lowest BCUT2D eigenvalue weighted by atomic mass is 10.2. The maximum Gasteiger partial charge on any atom is 0.327 e. The fourth-order valence-corrected chi connectivity index (χ4v) is 4.58. The van der Waals surface area contributed by atoms with Crippen LogP contribution in [0.4, 0.5) is 0 Å². The summed E-state index contributed by atoms with van der Waals surface area (Å²) in [5, 5.41) is 23.3. The lowest BCUT2D eigenvalue weighted by Gasteiger charge is -2.21. The molecule has 1 unspecified atom stereocenters. The molecule has 10 nitrogen and oxygen atoms in total. The zero-order valence-corrected chi connectivity index (χ0v) is 17.9. The minimum absolute atomic E-state index is 0.0546. The fraction of sp³-hybridized carbons (Fsp3) is 0.111. The molecule has 13 heteroatoms. The Morgan fingerprint density at radius 3 is 2.39 bits per heavy atom. The van der Waals surface area contributed by atoms with Gasteiger partial charge in [-0.15, -0.1) is 0 Å². The third kappa shape index (κ3) is 5.02. The van der Waals surface area contributed by atoms with Crippen LogP contribution >= 0.6 is 24.0 Å². The Bertz CT molecular complexity index is 1210. The molecule has 1 saturated heterocycles. The molecular formula is C18H14N2O8S3. The van der Waals surface area contributed by atoms with E-state index in [2.05, 4.69) is 0 Å². The van der Waals surface area contributed by atoms with E-state index in [1.807, 2.05) is 0 Å². The van der Waals surface area contributed by atoms with Gasteiger partial charge in [0.1, 0.15) is 21.9 Å². The molecule has 0 radical (unpaired) electrons. The van der Waals surface area contributed by atoms with Gasteiger partial charge in [-0.05, 0) is 36.4 Å². The van der Waals surface area contributed by atoms with Crippen LogP contribution in [-0.4, -0.2) is 51.7 Å². The first-order chi connectivity index (χ1) is 14.5. The molecule has 1 atom stereocenters. The van der Waals surface area contributed by atoms with Crippen molar-refractivity contribution in [2.75, 3.05) is 0 Å². The standard InChI is InChI=1S/C18H14N2O8S3/c19-31(26,27)11-4-1-9(2-5-11)13-6-3-10(28-13)7-14-16(23)20(18(29)30-14)12(17(24)25)8-15(21)22/h1-7,12H,8H2,(H,21,22)(H,24,25)(H2,19,26,27). The van der Waals surface area contributed by atoms with Crippen molar-refractivity contribution in [2.45, 2.75) is 17.4 Å². The zero-order chi connectivity index (χ0) is 22.9. The predicted octanol–water partition coefficient (Wildman–Crippen LogP) is 1.72. The second-order valence-electron chi connectivity index (χ2n) is 6.28. The smallest absolute Gasteiger partial charge is 0.327 e. The summed E-state index contributed by atoms with van der Waals surface area (Å²) < 4.78 is 28.3. The van der Waals surface area contributed by atoms with Crippen molar-refractivity contribution in [2.24, 2.45) is 5.14 Å². The first-order valence-electron chi connectivity index (χ1n) is 8.42. The van der Waals surface area contributed by atoms with Crippen molar-refractivity contribution in [3.8, 4) is 11.3 Å². The fourth-order valence-electron chi connectivity index (χ4n) is 2.73. The van der Waals surface area contributed by atoms with Crippen LogP contribution in [0, 0.1) is 0 Å². The lowest BCUT2D eigenvalue weighted by molar-refractivity contribution is -0.150. The molecule has 1 aromatic carbocycles. The van der Waals surface area contributed by atoms with Gasteiger partial charge in [0.05, 0.1) is 16.2 Å². The summed E-state index contributed by atoms with van der Waals surface area (Å²) in [5.41, 5.74) is 0.562. The molecule has 162 valence electrons. The largest absolute Gasteiger partial charge is 0.481 e. The number of furan rings is 1. The van der Waals surface area contributed by atoms with Crippen molar-refractivity contribution in [1.29, 1.82) is 0 Å². The number of nitrogens with zero attached hydrogens (tertiary/aromatic N) is 1. The van der Waals surface area contributed by atoms with Crippen LogP contribution < -0.4 is 5.14 Å². The molecule has 1 amide bonds. The zero-order valence-electron chi connectivity index (χ0n) is 15.4. The topological polar surface area (TPSA) is 168 Å². The number of aliphatic carboxylic acids is 2. The molecule has 0 spiro atoms. The molecule has 3 rings (SSSR count). The molecule has 0 saturated carbocycles. The molecule has 1 fully saturated rings. The van der Waals surface area contributed by atoms with Gasteiger partial charge in [0.25, 0.3) is 5.91 Å². The van der Waals surface area contributed by atoms with Gasteiger partial charge in [0, 0.05) is 11.6 Å². The monoisotopic (exact) mass is 482 g/mol. The number of carboxylic acid groups (broad SMARTS) is 2. The highest BCUT2D eigenvalue weighted by molar-refractivity contribution is 8.26. The SMILES string of the molecule is NS(=O)(=O)c1ccc(-c2ccc(C=C3SC(=S)N(C(CC(=O)O)C(=O)O)C3=O)o2)cc1. The van der Waals surface area contributed by atoms with Crippen LogP contribution in [0.5, 0.6) is 0 Å². The van der Waals surface area contributed by atoms with E-state index in [1.54, 1.807) is 12.1 Å². The maximum absolute atomic E-state index is 12.6. The Morgan fingerprint density at radius 2 is 1.84 bits per heavy atom. The summed E-state index contributed by atoms with van der Waals surface area (Å²) in [7, 11) is -3.83. The molecule has 1 aromatic heterocycles. The molecule has 1 aliphatic heterocycles. The summed E-state index contributed by atoms with van der Waals surface area (Å²) in [6, 6.07) is 7.19. The second kappa shape index (κ2) is 8.63. The van der Waals surface area contributed by atoms with Gasteiger partial charge in [0.2, 0.25) is 10.0 Å². The normalized spacial score (nSPS) is 16.7. The molecular weight excluding hydrogens is 468 g/mol. The van der Waals surface area contributed by atoms with E-state index in [-0.39, 0.29) is 19.9 Å². The number of primary sulfonamides is 1. The number of hydrogen-bond acceptors (Lipinski definition) is 8. The van der Waals surface area contributed by atoms with Gasteiger partial charge in [-0.3, -0.25) is 14.5 Å². The average Bonchev–Trinajstić information content (AvgIpc) is 3.24. The number of rotatable bonds is 7. The highest BCUT2D eigenvalue weighted by Gasteiger charge is 2.41. The van der Waals surface area contributed by atoms with Gasteiger partial charge >= 0.3 is 11.9 Å². The Balaban J connectivity index is 1.84. The van der Waals surface area contributed by atoms with E-state index in [0.717, 1.165) is 16.7 Å². The number of benzene rings is 1. The summed E-state index contributed by atoms with van der Waals surface area (Å²) in [6.45, 7) is 0. The first kappa shape index (κ1) is 22.7. The molecule has 0 bridgehead atoms. The van der Waals surface area contributed by atoms with Crippen molar-refractivity contribution in [3.63, 3.8) is 0 Å². The van der Waals surface area contributed by atoms with Crippen LogP contribution in [-0.2, 0) is 24.4 Å². The summed E-state index contributed by atoms with van der Waals surface area (Å²) in [4.78, 5) is 35.8. The van der Waals surface area contributed by atoms with Gasteiger partial charge in [-0.2, -0.15) is 0 Å². The number of carbonyl (C=O) groups is 3. The van der Waals surface area contributed by atoms with Crippen molar-refractivity contribution < 1.29 is 37.4 Å². The predicted molar refractivity (Wildman–Crippen MR) is 114 cm³/mol. The third-order valence-electron chi connectivity index (χ3n) is 4.16.